The summed E-state index contributed by atoms with van der Waals surface area (Å²) in [6.45, 7) is 2.59. The topological polar surface area (TPSA) is 104 Å². The SMILES string of the molecule is O=C(NCc1cccc(-c2cccc([C@H]3O[C@@H](CN4CCC(O)(c5ccc(Cl)cc5)CC4)C[C@@H](c4ccc(CO)cc4)O3)c2)c1)c1cccnc1. The average Bonchev–Trinajstić information content (AvgIpc) is 3.18. The minimum absolute atomic E-state index is 0.0115. The number of aliphatic hydroxyl groups is 2. The Morgan fingerprint density at radius 2 is 1.61 bits per heavy atom. The molecule has 1 aromatic heterocycles. The minimum Gasteiger partial charge on any atom is -0.392 e. The molecule has 1 amide bonds. The van der Waals surface area contributed by atoms with Crippen LogP contribution in [0.15, 0.2) is 122 Å². The van der Waals surface area contributed by atoms with E-state index in [0.29, 0.717) is 42.9 Å². The summed E-state index contributed by atoms with van der Waals surface area (Å²) < 4.78 is 13.4. The van der Waals surface area contributed by atoms with Crippen LogP contribution in [0.25, 0.3) is 11.1 Å². The molecule has 262 valence electrons. The molecule has 5 aromatic rings. The lowest BCUT2D eigenvalue weighted by Crippen LogP contribution is -2.46. The fraction of sp³-hybridized carbons (Fsp3) is 0.286. The van der Waals surface area contributed by atoms with Gasteiger partial charge in [0.2, 0.25) is 0 Å². The Morgan fingerprint density at radius 1 is 0.863 bits per heavy atom. The molecule has 4 aromatic carbocycles. The Kier molecular flexibility index (Phi) is 10.9. The molecule has 8 nitrogen and oxygen atoms in total. The molecule has 9 heteroatoms. The number of aromatic nitrogens is 1. The summed E-state index contributed by atoms with van der Waals surface area (Å²) >= 11 is 6.10. The minimum atomic E-state index is -0.875. The standard InChI is InChI=1S/C42H42ClN3O5/c43-37-15-13-36(14-16-37)42(49)17-20-46(21-18-42)27-38-24-39(31-11-9-29(28-47)10-12-31)51-41(50-38)34-7-2-6-33(23-34)32-5-1-4-30(22-32)25-45-40(48)35-8-3-19-44-26-35/h1-16,19,22-23,26,38-39,41,47,49H,17-18,20-21,24-25,27-28H2,(H,45,48)/t38-,39+,41+/m1/s1. The molecule has 0 aliphatic carbocycles. The number of hydrogen-bond acceptors (Lipinski definition) is 7. The normalized spacial score (nSPS) is 20.5. The van der Waals surface area contributed by atoms with Gasteiger partial charge in [-0.1, -0.05) is 84.4 Å². The van der Waals surface area contributed by atoms with Crippen molar-refractivity contribution < 1.29 is 24.5 Å². The van der Waals surface area contributed by atoms with Crippen molar-refractivity contribution in [3.8, 4) is 11.1 Å². The van der Waals surface area contributed by atoms with Crippen LogP contribution in [-0.2, 0) is 28.2 Å². The largest absolute Gasteiger partial charge is 0.392 e. The predicted molar refractivity (Wildman–Crippen MR) is 197 cm³/mol. The van der Waals surface area contributed by atoms with Crippen LogP contribution in [0.4, 0.5) is 0 Å². The molecule has 3 atom stereocenters. The number of ether oxygens (including phenoxy) is 2. The Balaban J connectivity index is 1.06. The lowest BCUT2D eigenvalue weighted by Gasteiger charge is -2.42. The molecule has 2 saturated heterocycles. The number of pyridine rings is 1. The van der Waals surface area contributed by atoms with Crippen molar-refractivity contribution in [1.29, 1.82) is 0 Å². The fourth-order valence-electron chi connectivity index (χ4n) is 6.98. The molecule has 51 heavy (non-hydrogen) atoms. The number of carbonyl (C=O) groups excluding carboxylic acids is 1. The van der Waals surface area contributed by atoms with Crippen LogP contribution in [0.2, 0.25) is 5.02 Å². The highest BCUT2D eigenvalue weighted by Crippen LogP contribution is 2.40. The Labute approximate surface area is 303 Å². The molecule has 0 radical (unpaired) electrons. The van der Waals surface area contributed by atoms with Gasteiger partial charge in [-0.3, -0.25) is 9.78 Å². The second kappa shape index (κ2) is 15.9. The third-order valence-corrected chi connectivity index (χ3v) is 10.2. The number of carbonyl (C=O) groups is 1. The van der Waals surface area contributed by atoms with Gasteiger partial charge in [0, 0.05) is 55.6 Å². The van der Waals surface area contributed by atoms with E-state index in [-0.39, 0.29) is 24.7 Å². The lowest BCUT2D eigenvalue weighted by atomic mass is 9.84. The highest BCUT2D eigenvalue weighted by Gasteiger charge is 2.37. The zero-order valence-electron chi connectivity index (χ0n) is 28.3. The number of rotatable bonds is 10. The smallest absolute Gasteiger partial charge is 0.253 e. The molecular formula is C42H42ClN3O5. The van der Waals surface area contributed by atoms with Gasteiger partial charge in [-0.25, -0.2) is 0 Å². The molecule has 2 fully saturated rings. The van der Waals surface area contributed by atoms with Crippen molar-refractivity contribution in [3.05, 3.63) is 160 Å². The van der Waals surface area contributed by atoms with Crippen LogP contribution in [-0.4, -0.2) is 51.7 Å². The third-order valence-electron chi connectivity index (χ3n) is 9.94. The quantitative estimate of drug-likeness (QED) is 0.140. The number of likely N-dealkylation sites (tertiary alicyclic amines) is 1. The third kappa shape index (κ3) is 8.56. The van der Waals surface area contributed by atoms with Gasteiger partial charge in [0.25, 0.3) is 5.91 Å². The second-order valence-corrected chi connectivity index (χ2v) is 13.9. The Hall–Kier alpha value is -4.41. The highest BCUT2D eigenvalue weighted by molar-refractivity contribution is 6.30. The van der Waals surface area contributed by atoms with Crippen LogP contribution in [0, 0.1) is 0 Å². The van der Waals surface area contributed by atoms with Crippen molar-refractivity contribution in [1.82, 2.24) is 15.2 Å². The molecule has 7 rings (SSSR count). The maximum Gasteiger partial charge on any atom is 0.253 e. The van der Waals surface area contributed by atoms with Crippen LogP contribution in [0.1, 0.15) is 69.8 Å². The lowest BCUT2D eigenvalue weighted by molar-refractivity contribution is -0.253. The first-order valence-electron chi connectivity index (χ1n) is 17.4. The Bertz CT molecular complexity index is 1910. The van der Waals surface area contributed by atoms with Gasteiger partial charge in [0.15, 0.2) is 6.29 Å². The van der Waals surface area contributed by atoms with Crippen LogP contribution in [0.5, 0.6) is 0 Å². The molecular weight excluding hydrogens is 662 g/mol. The summed E-state index contributed by atoms with van der Waals surface area (Å²) in [5, 5.41) is 24.7. The summed E-state index contributed by atoms with van der Waals surface area (Å²) in [7, 11) is 0. The summed E-state index contributed by atoms with van der Waals surface area (Å²) in [6.07, 6.45) is 4.23. The van der Waals surface area contributed by atoms with Gasteiger partial charge < -0.3 is 29.9 Å². The van der Waals surface area contributed by atoms with Gasteiger partial charge in [-0.2, -0.15) is 0 Å². The van der Waals surface area contributed by atoms with E-state index in [1.807, 2.05) is 72.8 Å². The molecule has 2 aliphatic heterocycles. The van der Waals surface area contributed by atoms with E-state index >= 15 is 0 Å². The number of hydrogen-bond donors (Lipinski definition) is 3. The van der Waals surface area contributed by atoms with Gasteiger partial charge in [0.05, 0.1) is 30.0 Å². The first-order valence-corrected chi connectivity index (χ1v) is 17.8. The van der Waals surface area contributed by atoms with E-state index in [1.165, 1.54) is 0 Å². The van der Waals surface area contributed by atoms with Crippen molar-refractivity contribution >= 4 is 17.5 Å². The van der Waals surface area contributed by atoms with E-state index in [2.05, 4.69) is 39.5 Å². The summed E-state index contributed by atoms with van der Waals surface area (Å²) in [4.78, 5) is 19.0. The van der Waals surface area contributed by atoms with Crippen LogP contribution >= 0.6 is 11.6 Å². The predicted octanol–water partition coefficient (Wildman–Crippen LogP) is 7.35. The van der Waals surface area contributed by atoms with Crippen molar-refractivity contribution in [3.63, 3.8) is 0 Å². The van der Waals surface area contributed by atoms with E-state index in [0.717, 1.165) is 52.0 Å². The van der Waals surface area contributed by atoms with E-state index in [4.69, 9.17) is 21.1 Å². The number of nitrogens with one attached hydrogen (secondary N) is 1. The number of nitrogens with zero attached hydrogens (tertiary/aromatic N) is 2. The summed E-state index contributed by atoms with van der Waals surface area (Å²) in [6, 6.07) is 35.3. The molecule has 0 unspecified atom stereocenters. The second-order valence-electron chi connectivity index (χ2n) is 13.4. The number of piperidine rings is 1. The van der Waals surface area contributed by atoms with Crippen LogP contribution < -0.4 is 5.32 Å². The zero-order valence-corrected chi connectivity index (χ0v) is 29.1. The molecule has 0 bridgehead atoms. The van der Waals surface area contributed by atoms with Crippen molar-refractivity contribution in [2.75, 3.05) is 19.6 Å². The molecule has 3 N–H and O–H groups in total. The fourth-order valence-corrected chi connectivity index (χ4v) is 7.11. The number of aliphatic hydroxyl groups excluding tert-OH is 1. The van der Waals surface area contributed by atoms with Gasteiger partial charge in [-0.05, 0) is 82.6 Å². The highest BCUT2D eigenvalue weighted by atomic mass is 35.5. The molecule has 2 aliphatic rings. The number of halogens is 1. The Morgan fingerprint density at radius 3 is 2.33 bits per heavy atom. The van der Waals surface area contributed by atoms with Crippen LogP contribution in [0.3, 0.4) is 0 Å². The first-order chi connectivity index (χ1) is 24.8. The van der Waals surface area contributed by atoms with Gasteiger partial charge in [-0.15, -0.1) is 0 Å². The van der Waals surface area contributed by atoms with Crippen molar-refractivity contribution in [2.45, 2.75) is 56.5 Å². The number of benzene rings is 4. The average molecular weight is 704 g/mol. The number of amides is 1. The molecule has 0 spiro atoms. The molecule has 3 heterocycles. The monoisotopic (exact) mass is 703 g/mol. The van der Waals surface area contributed by atoms with E-state index < -0.39 is 11.9 Å². The summed E-state index contributed by atoms with van der Waals surface area (Å²) in [5.41, 5.74) is 6.38. The first kappa shape index (κ1) is 35.0. The molecule has 0 saturated carbocycles. The maximum absolute atomic E-state index is 12.6. The van der Waals surface area contributed by atoms with Gasteiger partial charge in [0.1, 0.15) is 0 Å². The maximum atomic E-state index is 12.6. The van der Waals surface area contributed by atoms with E-state index in [9.17, 15) is 15.0 Å². The summed E-state index contributed by atoms with van der Waals surface area (Å²) in [5.74, 6) is -0.168. The zero-order chi connectivity index (χ0) is 35.2. The van der Waals surface area contributed by atoms with Crippen molar-refractivity contribution in [2.24, 2.45) is 0 Å². The van der Waals surface area contributed by atoms with Gasteiger partial charge >= 0.3 is 0 Å². The van der Waals surface area contributed by atoms with E-state index in [1.54, 1.807) is 24.5 Å².